The molecule has 17 heavy (non-hydrogen) atoms. The molecule has 0 atom stereocenters. The number of hydrogen-bond acceptors (Lipinski definition) is 7. The van der Waals surface area contributed by atoms with E-state index >= 15 is 0 Å². The van der Waals surface area contributed by atoms with Crippen molar-refractivity contribution in [3.63, 3.8) is 0 Å². The van der Waals surface area contributed by atoms with Crippen molar-refractivity contribution in [2.24, 2.45) is 10.4 Å². The third kappa shape index (κ3) is 2.32. The summed E-state index contributed by atoms with van der Waals surface area (Å²) in [5.41, 5.74) is 0.392. The Kier molecular flexibility index (Phi) is 3.17. The van der Waals surface area contributed by atoms with Crippen molar-refractivity contribution in [1.82, 2.24) is 9.99 Å². The van der Waals surface area contributed by atoms with Gasteiger partial charge in [0.25, 0.3) is 0 Å². The highest BCUT2D eigenvalue weighted by Crippen LogP contribution is 2.21. The maximum absolute atomic E-state index is 11.7. The minimum Gasteiger partial charge on any atom is -0.462 e. The van der Waals surface area contributed by atoms with E-state index in [1.807, 2.05) is 0 Å². The highest BCUT2D eigenvalue weighted by atomic mass is 16.5. The molecule has 0 radical (unpaired) electrons. The maximum atomic E-state index is 11.7. The molecule has 0 saturated heterocycles. The molecule has 0 N–H and O–H groups in total. The van der Waals surface area contributed by atoms with E-state index in [0.717, 1.165) is 0 Å². The third-order valence-electron chi connectivity index (χ3n) is 2.17. The summed E-state index contributed by atoms with van der Waals surface area (Å²) in [4.78, 5) is 15.9. The lowest BCUT2D eigenvalue weighted by Crippen LogP contribution is -2.24. The molecular formula is C10H13N5O2. The Bertz CT molecular complexity index is 448. The van der Waals surface area contributed by atoms with Gasteiger partial charge in [0.1, 0.15) is 12.2 Å². The largest absolute Gasteiger partial charge is 0.462 e. The second kappa shape index (κ2) is 4.77. The van der Waals surface area contributed by atoms with Gasteiger partial charge >= 0.3 is 5.97 Å². The summed E-state index contributed by atoms with van der Waals surface area (Å²) in [6, 6.07) is 3.35. The van der Waals surface area contributed by atoms with Gasteiger partial charge in [-0.2, -0.15) is 0 Å². The van der Waals surface area contributed by atoms with Gasteiger partial charge in [-0.25, -0.2) is 14.8 Å². The molecule has 1 aliphatic rings. The van der Waals surface area contributed by atoms with E-state index in [4.69, 9.17) is 4.74 Å². The molecule has 0 amide bonds. The summed E-state index contributed by atoms with van der Waals surface area (Å²) in [5.74, 6) is 0.0550. The molecule has 0 bridgehead atoms. The molecule has 0 unspecified atom stereocenters. The summed E-state index contributed by atoms with van der Waals surface area (Å²) in [5, 5.41) is 10.9. The van der Waals surface area contributed by atoms with Crippen molar-refractivity contribution in [2.45, 2.75) is 6.92 Å². The lowest BCUT2D eigenvalue weighted by Gasteiger charge is -2.14. The summed E-state index contributed by atoms with van der Waals surface area (Å²) < 4.78 is 4.96. The van der Waals surface area contributed by atoms with Crippen LogP contribution in [0.4, 0.5) is 5.82 Å². The lowest BCUT2D eigenvalue weighted by atomic mass is 10.2. The number of hydrogen-bond donors (Lipinski definition) is 0. The number of pyridine rings is 1. The number of esters is 1. The minimum atomic E-state index is -0.402. The van der Waals surface area contributed by atoms with E-state index in [9.17, 15) is 4.79 Å². The average Bonchev–Trinajstić information content (AvgIpc) is 2.76. The van der Waals surface area contributed by atoms with Gasteiger partial charge in [0.05, 0.1) is 6.61 Å². The van der Waals surface area contributed by atoms with E-state index in [-0.39, 0.29) is 0 Å². The van der Waals surface area contributed by atoms with Crippen molar-refractivity contribution in [2.75, 3.05) is 25.3 Å². The Morgan fingerprint density at radius 3 is 3.00 bits per heavy atom. The number of anilines is 1. The Labute approximate surface area is 98.7 Å². The van der Waals surface area contributed by atoms with E-state index in [2.05, 4.69) is 15.4 Å². The molecular weight excluding hydrogens is 222 g/mol. The van der Waals surface area contributed by atoms with Crippen LogP contribution in [0.25, 0.3) is 0 Å². The van der Waals surface area contributed by atoms with E-state index in [1.54, 1.807) is 42.3 Å². The third-order valence-corrected chi connectivity index (χ3v) is 2.17. The van der Waals surface area contributed by atoms with E-state index < -0.39 is 5.97 Å². The highest BCUT2D eigenvalue weighted by Gasteiger charge is 2.22. The quantitative estimate of drug-likeness (QED) is 0.737. The molecule has 7 nitrogen and oxygen atoms in total. The molecule has 1 aromatic rings. The summed E-state index contributed by atoms with van der Waals surface area (Å²) >= 11 is 0. The number of aromatic nitrogens is 1. The van der Waals surface area contributed by atoms with E-state index in [0.29, 0.717) is 24.7 Å². The predicted octanol–water partition coefficient (Wildman–Crippen LogP) is 1.25. The van der Waals surface area contributed by atoms with Gasteiger partial charge < -0.3 is 4.74 Å². The van der Waals surface area contributed by atoms with Crippen LogP contribution in [0.1, 0.15) is 17.3 Å². The smallest absolute Gasteiger partial charge is 0.341 e. The topological polar surface area (TPSA) is 70.4 Å². The zero-order chi connectivity index (χ0) is 12.3. The van der Waals surface area contributed by atoms with Gasteiger partial charge in [-0.3, -0.25) is 5.01 Å². The Morgan fingerprint density at radius 1 is 1.53 bits per heavy atom. The van der Waals surface area contributed by atoms with Crippen LogP contribution in [0, 0.1) is 0 Å². The van der Waals surface area contributed by atoms with Gasteiger partial charge in [0.15, 0.2) is 5.82 Å². The summed E-state index contributed by atoms with van der Waals surface area (Å²) in [6.45, 7) is 2.55. The Hall–Kier alpha value is -2.18. The zero-order valence-electron chi connectivity index (χ0n) is 9.70. The Balaban J connectivity index is 2.28. The summed E-state index contributed by atoms with van der Waals surface area (Å²) in [7, 11) is 1.79. The summed E-state index contributed by atoms with van der Waals surface area (Å²) in [6.07, 6.45) is 1.60. The molecule has 0 aromatic carbocycles. The standard InChI is InChI=1S/C10H13N5O2/c1-3-17-10(16)8-5-4-6-11-9(8)15-7-14(2)12-13-15/h4-6H,3,7H2,1-2H3. The van der Waals surface area contributed by atoms with Crippen LogP contribution in [0.2, 0.25) is 0 Å². The number of rotatable bonds is 3. The van der Waals surface area contributed by atoms with Gasteiger partial charge in [-0.1, -0.05) is 5.22 Å². The van der Waals surface area contributed by atoms with Crippen molar-refractivity contribution in [1.29, 1.82) is 0 Å². The average molecular weight is 235 g/mol. The fourth-order valence-electron chi connectivity index (χ4n) is 1.45. The first-order chi connectivity index (χ1) is 8.22. The molecule has 7 heteroatoms. The van der Waals surface area contributed by atoms with Gasteiger partial charge in [-0.15, -0.1) is 0 Å². The first-order valence-corrected chi connectivity index (χ1v) is 5.24. The van der Waals surface area contributed by atoms with Gasteiger partial charge in [0, 0.05) is 13.2 Å². The Morgan fingerprint density at radius 2 is 2.35 bits per heavy atom. The predicted molar refractivity (Wildman–Crippen MR) is 60.2 cm³/mol. The molecule has 0 spiro atoms. The monoisotopic (exact) mass is 235 g/mol. The van der Waals surface area contributed by atoms with Crippen molar-refractivity contribution in [3.05, 3.63) is 23.9 Å². The van der Waals surface area contributed by atoms with Crippen LogP contribution < -0.4 is 5.01 Å². The van der Waals surface area contributed by atoms with Crippen LogP contribution in [0.15, 0.2) is 28.8 Å². The lowest BCUT2D eigenvalue weighted by molar-refractivity contribution is 0.0526. The molecule has 0 aliphatic carbocycles. The van der Waals surface area contributed by atoms with Crippen LogP contribution in [-0.2, 0) is 4.74 Å². The highest BCUT2D eigenvalue weighted by molar-refractivity contribution is 5.94. The van der Waals surface area contributed by atoms with Crippen LogP contribution in [0.3, 0.4) is 0 Å². The second-order valence-electron chi connectivity index (χ2n) is 3.47. The fraction of sp³-hybridized carbons (Fsp3) is 0.400. The molecule has 0 fully saturated rings. The molecule has 1 aromatic heterocycles. The molecule has 2 rings (SSSR count). The minimum absolute atomic E-state index is 0.328. The van der Waals surface area contributed by atoms with Gasteiger partial charge in [-0.05, 0) is 24.3 Å². The molecule has 0 saturated carbocycles. The first-order valence-electron chi connectivity index (χ1n) is 5.24. The van der Waals surface area contributed by atoms with E-state index in [1.165, 1.54) is 0 Å². The number of carbonyl (C=O) groups is 1. The number of nitrogens with zero attached hydrogens (tertiary/aromatic N) is 5. The molecule has 90 valence electrons. The molecule has 1 aliphatic heterocycles. The van der Waals surface area contributed by atoms with Crippen LogP contribution in [-0.4, -0.2) is 36.3 Å². The number of ether oxygens (including phenoxy) is 1. The van der Waals surface area contributed by atoms with Crippen LogP contribution in [0.5, 0.6) is 0 Å². The van der Waals surface area contributed by atoms with Gasteiger partial charge in [0.2, 0.25) is 0 Å². The SMILES string of the molecule is CCOC(=O)c1cccnc1N1CN(C)N=N1. The normalized spacial score (nSPS) is 14.2. The van der Waals surface area contributed by atoms with Crippen molar-refractivity contribution in [3.8, 4) is 0 Å². The first kappa shape index (κ1) is 11.3. The fourth-order valence-corrected chi connectivity index (χ4v) is 1.45. The zero-order valence-corrected chi connectivity index (χ0v) is 9.70. The second-order valence-corrected chi connectivity index (χ2v) is 3.47. The maximum Gasteiger partial charge on any atom is 0.341 e. The van der Waals surface area contributed by atoms with Crippen molar-refractivity contribution >= 4 is 11.8 Å². The molecule has 2 heterocycles. The van der Waals surface area contributed by atoms with Crippen molar-refractivity contribution < 1.29 is 9.53 Å². The number of carbonyl (C=O) groups excluding carboxylic acids is 1. The van der Waals surface area contributed by atoms with Crippen LogP contribution >= 0.6 is 0 Å².